The second kappa shape index (κ2) is 10.2. The van der Waals surface area contributed by atoms with Gasteiger partial charge in [0, 0.05) is 18.8 Å². The van der Waals surface area contributed by atoms with Crippen LogP contribution in [0.5, 0.6) is 0 Å². The standard InChI is InChI=1S/C23H38FN3O4/c1-9-18(17(24)14-16(2)25)27-12-10-23(11-13-27,15-19(28)30-21(3,4)5)26-20(29)31-22(6,7)8/h9,14H,1,10-13,15,25H2,2-8H3,(H,26,29)/b16-14+,18-17-. The number of halogens is 1. The van der Waals surface area contributed by atoms with Crippen molar-refractivity contribution in [3.8, 4) is 0 Å². The SMILES string of the molecule is C=C/C(=C(F)\C=C(/C)N)N1CCC(CC(=O)OC(C)(C)C)(NC(=O)OC(C)(C)C)CC1. The quantitative estimate of drug-likeness (QED) is 0.473. The summed E-state index contributed by atoms with van der Waals surface area (Å²) in [5.74, 6) is -0.890. The van der Waals surface area contributed by atoms with E-state index in [4.69, 9.17) is 15.2 Å². The van der Waals surface area contributed by atoms with Gasteiger partial charge in [-0.1, -0.05) is 6.58 Å². The molecule has 0 radical (unpaired) electrons. The van der Waals surface area contributed by atoms with Crippen LogP contribution in [0.1, 0.15) is 67.7 Å². The van der Waals surface area contributed by atoms with E-state index in [1.54, 1.807) is 48.5 Å². The molecule has 1 fully saturated rings. The van der Waals surface area contributed by atoms with Crippen LogP contribution in [-0.2, 0) is 14.3 Å². The largest absolute Gasteiger partial charge is 0.460 e. The molecule has 1 rings (SSSR count). The van der Waals surface area contributed by atoms with Crippen molar-refractivity contribution < 1.29 is 23.5 Å². The summed E-state index contributed by atoms with van der Waals surface area (Å²) in [4.78, 5) is 26.9. The number of likely N-dealkylation sites (tertiary alicyclic amines) is 1. The second-order valence-corrected chi connectivity index (χ2v) is 9.98. The number of nitrogens with one attached hydrogen (secondary N) is 1. The van der Waals surface area contributed by atoms with Gasteiger partial charge in [-0.3, -0.25) is 4.79 Å². The minimum absolute atomic E-state index is 0.00518. The van der Waals surface area contributed by atoms with E-state index in [1.165, 1.54) is 12.2 Å². The number of nitrogens with two attached hydrogens (primary N) is 1. The van der Waals surface area contributed by atoms with Crippen LogP contribution in [0.3, 0.4) is 0 Å². The Bertz CT molecular complexity index is 701. The number of allylic oxidation sites excluding steroid dienone is 4. The smallest absolute Gasteiger partial charge is 0.408 e. The average Bonchev–Trinajstić information content (AvgIpc) is 2.52. The highest BCUT2D eigenvalue weighted by molar-refractivity contribution is 5.74. The van der Waals surface area contributed by atoms with Gasteiger partial charge in [0.05, 0.1) is 17.7 Å². The first-order valence-corrected chi connectivity index (χ1v) is 10.5. The number of carbonyl (C=O) groups is 2. The van der Waals surface area contributed by atoms with Gasteiger partial charge in [-0.05, 0) is 73.5 Å². The first-order chi connectivity index (χ1) is 14.1. The lowest BCUT2D eigenvalue weighted by Crippen LogP contribution is -2.57. The normalized spacial score (nSPS) is 18.1. The highest BCUT2D eigenvalue weighted by Crippen LogP contribution is 2.31. The molecular formula is C23H38FN3O4. The molecule has 176 valence electrons. The number of hydrogen-bond donors (Lipinski definition) is 2. The van der Waals surface area contributed by atoms with Crippen molar-refractivity contribution in [3.63, 3.8) is 0 Å². The molecule has 1 aliphatic heterocycles. The van der Waals surface area contributed by atoms with Gasteiger partial charge in [0.25, 0.3) is 0 Å². The summed E-state index contributed by atoms with van der Waals surface area (Å²) in [5.41, 5.74) is 4.09. The Balaban J connectivity index is 3.07. The number of ether oxygens (including phenoxy) is 2. The predicted molar refractivity (Wildman–Crippen MR) is 120 cm³/mol. The van der Waals surface area contributed by atoms with Crippen molar-refractivity contribution in [2.24, 2.45) is 5.73 Å². The Morgan fingerprint density at radius 1 is 1.13 bits per heavy atom. The number of piperidine rings is 1. The molecule has 0 aromatic carbocycles. The highest BCUT2D eigenvalue weighted by Gasteiger charge is 2.40. The number of alkyl carbamates (subject to hydrolysis) is 1. The Kier molecular flexibility index (Phi) is 8.73. The van der Waals surface area contributed by atoms with E-state index in [1.807, 2.05) is 4.90 Å². The Morgan fingerprint density at radius 3 is 2.06 bits per heavy atom. The van der Waals surface area contributed by atoms with E-state index in [2.05, 4.69) is 11.9 Å². The number of nitrogens with zero attached hydrogens (tertiary/aromatic N) is 1. The number of rotatable bonds is 6. The van der Waals surface area contributed by atoms with E-state index in [0.717, 1.165) is 0 Å². The summed E-state index contributed by atoms with van der Waals surface area (Å²) < 4.78 is 25.4. The lowest BCUT2D eigenvalue weighted by Gasteiger charge is -2.43. The first-order valence-electron chi connectivity index (χ1n) is 10.5. The second-order valence-electron chi connectivity index (χ2n) is 9.98. The summed E-state index contributed by atoms with van der Waals surface area (Å²) in [5, 5.41) is 2.89. The zero-order valence-corrected chi connectivity index (χ0v) is 19.9. The first kappa shape index (κ1) is 26.5. The fourth-order valence-electron chi connectivity index (χ4n) is 3.35. The molecule has 3 N–H and O–H groups in total. The molecular weight excluding hydrogens is 401 g/mol. The third kappa shape index (κ3) is 9.44. The minimum Gasteiger partial charge on any atom is -0.460 e. The van der Waals surface area contributed by atoms with Gasteiger partial charge in [0.15, 0.2) is 0 Å². The molecule has 1 aliphatic rings. The van der Waals surface area contributed by atoms with Gasteiger partial charge < -0.3 is 25.4 Å². The Morgan fingerprint density at radius 2 is 1.65 bits per heavy atom. The minimum atomic E-state index is -0.858. The lowest BCUT2D eigenvalue weighted by molar-refractivity contribution is -0.157. The van der Waals surface area contributed by atoms with E-state index in [9.17, 15) is 14.0 Å². The summed E-state index contributed by atoms with van der Waals surface area (Å²) >= 11 is 0. The maximum absolute atomic E-state index is 14.5. The fourth-order valence-corrected chi connectivity index (χ4v) is 3.35. The zero-order chi connectivity index (χ0) is 24.0. The Labute approximate surface area is 185 Å². The van der Waals surface area contributed by atoms with Crippen molar-refractivity contribution in [2.45, 2.75) is 84.5 Å². The maximum Gasteiger partial charge on any atom is 0.408 e. The van der Waals surface area contributed by atoms with Crippen LogP contribution >= 0.6 is 0 Å². The zero-order valence-electron chi connectivity index (χ0n) is 19.9. The van der Waals surface area contributed by atoms with Gasteiger partial charge in [0.1, 0.15) is 17.0 Å². The van der Waals surface area contributed by atoms with Gasteiger partial charge in [-0.25, -0.2) is 9.18 Å². The molecule has 0 aliphatic carbocycles. The fraction of sp³-hybridized carbons (Fsp3) is 0.652. The van der Waals surface area contributed by atoms with Crippen LogP contribution in [0.15, 0.2) is 36.0 Å². The molecule has 31 heavy (non-hydrogen) atoms. The van der Waals surface area contributed by atoms with Crippen LogP contribution < -0.4 is 11.1 Å². The number of amides is 1. The number of esters is 1. The molecule has 0 aromatic rings. The van der Waals surface area contributed by atoms with Gasteiger partial charge in [-0.2, -0.15) is 0 Å². The molecule has 0 unspecified atom stereocenters. The summed E-state index contributed by atoms with van der Waals surface area (Å²) in [6, 6.07) is 0. The van der Waals surface area contributed by atoms with Crippen molar-refractivity contribution in [1.82, 2.24) is 10.2 Å². The monoisotopic (exact) mass is 439 g/mol. The van der Waals surface area contributed by atoms with Crippen LogP contribution in [0.2, 0.25) is 0 Å². The molecule has 8 heteroatoms. The number of hydrogen-bond acceptors (Lipinski definition) is 6. The third-order valence-electron chi connectivity index (χ3n) is 4.52. The van der Waals surface area contributed by atoms with E-state index in [-0.39, 0.29) is 6.42 Å². The van der Waals surface area contributed by atoms with Crippen LogP contribution in [0.25, 0.3) is 0 Å². The van der Waals surface area contributed by atoms with Gasteiger partial charge in [-0.15, -0.1) is 0 Å². The highest BCUT2D eigenvalue weighted by atomic mass is 19.1. The molecule has 0 spiro atoms. The molecule has 0 bridgehead atoms. The van der Waals surface area contributed by atoms with Gasteiger partial charge >= 0.3 is 12.1 Å². The Hall–Kier alpha value is -2.51. The van der Waals surface area contributed by atoms with Gasteiger partial charge in [0.2, 0.25) is 0 Å². The molecule has 0 saturated carbocycles. The van der Waals surface area contributed by atoms with Crippen molar-refractivity contribution in [1.29, 1.82) is 0 Å². The van der Waals surface area contributed by atoms with E-state index in [0.29, 0.717) is 37.3 Å². The third-order valence-corrected chi connectivity index (χ3v) is 4.52. The molecule has 1 heterocycles. The van der Waals surface area contributed by atoms with E-state index >= 15 is 0 Å². The summed E-state index contributed by atoms with van der Waals surface area (Å²) in [6.07, 6.45) is 2.89. The predicted octanol–water partition coefficient (Wildman–Crippen LogP) is 4.31. The molecule has 0 atom stereocenters. The molecule has 1 amide bonds. The van der Waals surface area contributed by atoms with Crippen LogP contribution in [0, 0.1) is 0 Å². The molecule has 0 aromatic heterocycles. The molecule has 1 saturated heterocycles. The van der Waals surface area contributed by atoms with Crippen molar-refractivity contribution in [3.05, 3.63) is 36.0 Å². The maximum atomic E-state index is 14.5. The van der Waals surface area contributed by atoms with Crippen molar-refractivity contribution >= 4 is 12.1 Å². The van der Waals surface area contributed by atoms with Crippen LogP contribution in [-0.4, -0.2) is 46.8 Å². The molecule has 7 nitrogen and oxygen atoms in total. The summed E-state index contributed by atoms with van der Waals surface area (Å²) in [7, 11) is 0. The summed E-state index contributed by atoms with van der Waals surface area (Å²) in [6.45, 7) is 16.8. The van der Waals surface area contributed by atoms with Crippen molar-refractivity contribution in [2.75, 3.05) is 13.1 Å². The average molecular weight is 440 g/mol. The van der Waals surface area contributed by atoms with E-state index < -0.39 is 34.6 Å². The topological polar surface area (TPSA) is 93.9 Å². The van der Waals surface area contributed by atoms with Crippen LogP contribution in [0.4, 0.5) is 9.18 Å². The number of carbonyl (C=O) groups excluding carboxylic acids is 2. The lowest BCUT2D eigenvalue weighted by atomic mass is 9.84.